The molecule has 2 unspecified atom stereocenters. The Balaban J connectivity index is 2.06. The molecule has 1 aliphatic heterocycles. The van der Waals surface area contributed by atoms with Crippen LogP contribution in [0.25, 0.3) is 0 Å². The Bertz CT molecular complexity index is 254. The maximum absolute atomic E-state index is 11.5. The molecular formula is C10H18N2O3S. The van der Waals surface area contributed by atoms with Gasteiger partial charge in [0.05, 0.1) is 12.0 Å². The Labute approximate surface area is 99.4 Å². The van der Waals surface area contributed by atoms with Gasteiger partial charge in [-0.25, -0.2) is 0 Å². The summed E-state index contributed by atoms with van der Waals surface area (Å²) in [7, 11) is 0. The zero-order chi connectivity index (χ0) is 12.0. The lowest BCUT2D eigenvalue weighted by molar-refractivity contribution is -0.141. The van der Waals surface area contributed by atoms with E-state index in [9.17, 15) is 9.59 Å². The Morgan fingerprint density at radius 3 is 2.94 bits per heavy atom. The standard InChI is InChI=1S/C10H18N2O3S/c1-7(10(14)15)3-2-4-11-9(13)8-5-16-6-12-8/h7-8,12H,2-6H2,1H3,(H,11,13)(H,14,15). The number of carboxylic acid groups (broad SMARTS) is 1. The van der Waals surface area contributed by atoms with E-state index < -0.39 is 5.97 Å². The average Bonchev–Trinajstić information content (AvgIpc) is 2.76. The monoisotopic (exact) mass is 246 g/mol. The van der Waals surface area contributed by atoms with Crippen molar-refractivity contribution in [3.05, 3.63) is 0 Å². The second-order valence-electron chi connectivity index (χ2n) is 3.94. The largest absolute Gasteiger partial charge is 0.481 e. The van der Waals surface area contributed by atoms with Gasteiger partial charge >= 0.3 is 5.97 Å². The number of carboxylic acids is 1. The van der Waals surface area contributed by atoms with Crippen molar-refractivity contribution in [2.45, 2.75) is 25.8 Å². The van der Waals surface area contributed by atoms with Crippen LogP contribution in [0.4, 0.5) is 0 Å². The van der Waals surface area contributed by atoms with Crippen LogP contribution in [0.3, 0.4) is 0 Å². The van der Waals surface area contributed by atoms with Crippen molar-refractivity contribution in [2.24, 2.45) is 5.92 Å². The highest BCUT2D eigenvalue weighted by Gasteiger charge is 2.21. The molecule has 16 heavy (non-hydrogen) atoms. The SMILES string of the molecule is CC(CCCNC(=O)C1CSCN1)C(=O)O. The summed E-state index contributed by atoms with van der Waals surface area (Å²) in [6.45, 7) is 2.23. The third-order valence-corrected chi connectivity index (χ3v) is 3.51. The normalized spacial score (nSPS) is 21.7. The molecular weight excluding hydrogens is 228 g/mol. The zero-order valence-electron chi connectivity index (χ0n) is 9.36. The minimum absolute atomic E-state index is 0.0213. The summed E-state index contributed by atoms with van der Waals surface area (Å²) in [5.41, 5.74) is 0. The van der Waals surface area contributed by atoms with Crippen LogP contribution in [-0.2, 0) is 9.59 Å². The summed E-state index contributed by atoms with van der Waals surface area (Å²) in [5.74, 6) is 0.552. The molecule has 6 heteroatoms. The highest BCUT2D eigenvalue weighted by molar-refractivity contribution is 7.99. The van der Waals surface area contributed by atoms with Crippen LogP contribution >= 0.6 is 11.8 Å². The van der Waals surface area contributed by atoms with Crippen LogP contribution < -0.4 is 10.6 Å². The number of carbonyl (C=O) groups excluding carboxylic acids is 1. The molecule has 1 heterocycles. The molecule has 0 saturated carbocycles. The first kappa shape index (κ1) is 13.3. The number of amides is 1. The minimum Gasteiger partial charge on any atom is -0.481 e. The topological polar surface area (TPSA) is 78.4 Å². The average molecular weight is 246 g/mol. The van der Waals surface area contributed by atoms with Crippen LogP contribution in [0.2, 0.25) is 0 Å². The first-order chi connectivity index (χ1) is 7.61. The van der Waals surface area contributed by atoms with E-state index in [0.717, 1.165) is 11.6 Å². The van der Waals surface area contributed by atoms with E-state index in [0.29, 0.717) is 19.4 Å². The molecule has 0 spiro atoms. The van der Waals surface area contributed by atoms with Gasteiger partial charge in [0.25, 0.3) is 0 Å². The second kappa shape index (κ2) is 6.75. The van der Waals surface area contributed by atoms with Gasteiger partial charge in [0, 0.05) is 18.2 Å². The van der Waals surface area contributed by atoms with E-state index in [1.165, 1.54) is 0 Å². The first-order valence-electron chi connectivity index (χ1n) is 5.43. The van der Waals surface area contributed by atoms with Crippen molar-refractivity contribution in [1.82, 2.24) is 10.6 Å². The number of carbonyl (C=O) groups is 2. The molecule has 0 bridgehead atoms. The van der Waals surface area contributed by atoms with Gasteiger partial charge in [-0.15, -0.1) is 11.8 Å². The van der Waals surface area contributed by atoms with Gasteiger partial charge in [0.2, 0.25) is 5.91 Å². The Kier molecular flexibility index (Phi) is 5.62. The maximum Gasteiger partial charge on any atom is 0.306 e. The van der Waals surface area contributed by atoms with Crippen LogP contribution in [0.1, 0.15) is 19.8 Å². The van der Waals surface area contributed by atoms with Crippen LogP contribution in [0.5, 0.6) is 0 Å². The number of hydrogen-bond acceptors (Lipinski definition) is 4. The van der Waals surface area contributed by atoms with E-state index in [-0.39, 0.29) is 17.9 Å². The molecule has 2 atom stereocenters. The first-order valence-corrected chi connectivity index (χ1v) is 6.58. The van der Waals surface area contributed by atoms with Crippen molar-refractivity contribution in [3.8, 4) is 0 Å². The molecule has 1 saturated heterocycles. The van der Waals surface area contributed by atoms with Gasteiger partial charge in [-0.1, -0.05) is 6.92 Å². The van der Waals surface area contributed by atoms with Crippen LogP contribution in [0, 0.1) is 5.92 Å². The molecule has 0 aromatic rings. The molecule has 1 amide bonds. The van der Waals surface area contributed by atoms with E-state index >= 15 is 0 Å². The Morgan fingerprint density at radius 1 is 1.62 bits per heavy atom. The fourth-order valence-electron chi connectivity index (χ4n) is 1.43. The molecule has 92 valence electrons. The number of hydrogen-bond donors (Lipinski definition) is 3. The zero-order valence-corrected chi connectivity index (χ0v) is 10.2. The summed E-state index contributed by atoms with van der Waals surface area (Å²) in [5, 5.41) is 14.6. The third kappa shape index (κ3) is 4.40. The maximum atomic E-state index is 11.5. The molecule has 0 aromatic carbocycles. The molecule has 0 aliphatic carbocycles. The van der Waals surface area contributed by atoms with Crippen LogP contribution in [-0.4, -0.2) is 41.2 Å². The Morgan fingerprint density at radius 2 is 2.38 bits per heavy atom. The summed E-state index contributed by atoms with van der Waals surface area (Å²) in [4.78, 5) is 22.1. The van der Waals surface area contributed by atoms with Crippen molar-refractivity contribution in [3.63, 3.8) is 0 Å². The summed E-state index contributed by atoms with van der Waals surface area (Å²) < 4.78 is 0. The van der Waals surface area contributed by atoms with E-state index in [1.54, 1.807) is 18.7 Å². The minimum atomic E-state index is -0.778. The lowest BCUT2D eigenvalue weighted by Gasteiger charge is -2.11. The van der Waals surface area contributed by atoms with Gasteiger partial charge in [-0.3, -0.25) is 14.9 Å². The predicted molar refractivity (Wildman–Crippen MR) is 63.3 cm³/mol. The van der Waals surface area contributed by atoms with Crippen molar-refractivity contribution in [2.75, 3.05) is 18.2 Å². The van der Waals surface area contributed by atoms with Crippen molar-refractivity contribution in [1.29, 1.82) is 0 Å². The quantitative estimate of drug-likeness (QED) is 0.586. The lowest BCUT2D eigenvalue weighted by atomic mass is 10.1. The smallest absolute Gasteiger partial charge is 0.306 e. The molecule has 3 N–H and O–H groups in total. The Hall–Kier alpha value is -0.750. The lowest BCUT2D eigenvalue weighted by Crippen LogP contribution is -2.42. The van der Waals surface area contributed by atoms with E-state index in [2.05, 4.69) is 10.6 Å². The highest BCUT2D eigenvalue weighted by Crippen LogP contribution is 2.09. The number of rotatable bonds is 6. The molecule has 5 nitrogen and oxygen atoms in total. The molecule has 1 aliphatic rings. The molecule has 1 fully saturated rings. The summed E-state index contributed by atoms with van der Waals surface area (Å²) in [6, 6.07) is -0.0816. The van der Waals surface area contributed by atoms with Crippen molar-refractivity contribution >= 4 is 23.6 Å². The van der Waals surface area contributed by atoms with E-state index in [1.807, 2.05) is 0 Å². The highest BCUT2D eigenvalue weighted by atomic mass is 32.2. The second-order valence-corrected chi connectivity index (χ2v) is 4.97. The third-order valence-electron chi connectivity index (χ3n) is 2.57. The summed E-state index contributed by atoms with van der Waals surface area (Å²) >= 11 is 1.71. The fourth-order valence-corrected chi connectivity index (χ4v) is 2.37. The molecule has 0 aromatic heterocycles. The number of thioether (sulfide) groups is 1. The van der Waals surface area contributed by atoms with E-state index in [4.69, 9.17) is 5.11 Å². The number of nitrogens with one attached hydrogen (secondary N) is 2. The van der Waals surface area contributed by atoms with Gasteiger partial charge < -0.3 is 10.4 Å². The molecule has 1 rings (SSSR count). The van der Waals surface area contributed by atoms with Gasteiger partial charge in [-0.05, 0) is 12.8 Å². The van der Waals surface area contributed by atoms with Gasteiger partial charge in [0.15, 0.2) is 0 Å². The number of aliphatic carboxylic acids is 1. The van der Waals surface area contributed by atoms with Crippen molar-refractivity contribution < 1.29 is 14.7 Å². The van der Waals surface area contributed by atoms with Gasteiger partial charge in [-0.2, -0.15) is 0 Å². The predicted octanol–water partition coefficient (Wildman–Crippen LogP) is 0.266. The summed E-state index contributed by atoms with van der Waals surface area (Å²) in [6.07, 6.45) is 1.31. The van der Waals surface area contributed by atoms with Gasteiger partial charge in [0.1, 0.15) is 0 Å². The molecule has 0 radical (unpaired) electrons. The van der Waals surface area contributed by atoms with Crippen LogP contribution in [0.15, 0.2) is 0 Å². The fraction of sp³-hybridized carbons (Fsp3) is 0.800.